The van der Waals surface area contributed by atoms with Crippen LogP contribution < -0.4 is 16.2 Å². The van der Waals surface area contributed by atoms with Crippen molar-refractivity contribution >= 4 is 28.5 Å². The molecule has 0 saturated carbocycles. The van der Waals surface area contributed by atoms with Gasteiger partial charge in [0.25, 0.3) is 5.91 Å². The number of aromatic nitrogens is 2. The summed E-state index contributed by atoms with van der Waals surface area (Å²) in [5.74, 6) is -1.01. The number of pyridine rings is 2. The maximum absolute atomic E-state index is 13.2. The van der Waals surface area contributed by atoms with Gasteiger partial charge in [-0.25, -0.2) is 14.6 Å². The summed E-state index contributed by atoms with van der Waals surface area (Å²) < 4.78 is 13.2. The third kappa shape index (κ3) is 4.64. The molecule has 31 heavy (non-hydrogen) atoms. The number of para-hydroxylation sites is 1. The van der Waals surface area contributed by atoms with Gasteiger partial charge in [-0.1, -0.05) is 24.3 Å². The number of carbonyl (C=O) groups excluding carboxylic acids is 2. The zero-order valence-corrected chi connectivity index (χ0v) is 16.5. The van der Waals surface area contributed by atoms with Crippen LogP contribution in [0.4, 0.5) is 14.9 Å². The Balaban J connectivity index is 1.43. The van der Waals surface area contributed by atoms with Gasteiger partial charge in [-0.2, -0.15) is 0 Å². The van der Waals surface area contributed by atoms with E-state index in [0.717, 1.165) is 22.5 Å². The molecule has 2 heterocycles. The van der Waals surface area contributed by atoms with Crippen molar-refractivity contribution in [1.82, 2.24) is 20.8 Å². The highest BCUT2D eigenvalue weighted by Crippen LogP contribution is 2.22. The Morgan fingerprint density at radius 3 is 2.58 bits per heavy atom. The number of fused-ring (bicyclic) bond motifs is 1. The second-order valence-electron chi connectivity index (χ2n) is 6.79. The third-order valence-corrected chi connectivity index (χ3v) is 4.59. The minimum absolute atomic E-state index is 0.262. The fraction of sp³-hybridized carbons (Fsp3) is 0.0435. The number of rotatable bonds is 3. The van der Waals surface area contributed by atoms with Crippen LogP contribution in [0.25, 0.3) is 22.2 Å². The molecule has 0 aliphatic heterocycles. The SMILES string of the molecule is Cc1nc(-c2cnc3ccccc3c2)ccc1C(=O)NNC(=O)Nc1cccc(F)c1. The summed E-state index contributed by atoms with van der Waals surface area (Å²) in [5.41, 5.74) is 8.02. The predicted octanol–water partition coefficient (Wildman–Crippen LogP) is 4.21. The summed E-state index contributed by atoms with van der Waals surface area (Å²) in [6.07, 6.45) is 1.74. The maximum Gasteiger partial charge on any atom is 0.337 e. The van der Waals surface area contributed by atoms with E-state index in [4.69, 9.17) is 0 Å². The lowest BCUT2D eigenvalue weighted by molar-refractivity contribution is 0.0937. The Bertz CT molecular complexity index is 1290. The highest BCUT2D eigenvalue weighted by Gasteiger charge is 2.13. The third-order valence-electron chi connectivity index (χ3n) is 4.59. The summed E-state index contributed by atoms with van der Waals surface area (Å²) >= 11 is 0. The highest BCUT2D eigenvalue weighted by molar-refractivity contribution is 5.98. The number of nitrogens with one attached hydrogen (secondary N) is 3. The van der Waals surface area contributed by atoms with E-state index < -0.39 is 17.8 Å². The summed E-state index contributed by atoms with van der Waals surface area (Å²) in [4.78, 5) is 33.3. The quantitative estimate of drug-likeness (QED) is 0.437. The molecule has 0 unspecified atom stereocenters. The number of anilines is 1. The van der Waals surface area contributed by atoms with Gasteiger partial charge in [0.15, 0.2) is 0 Å². The molecule has 2 aromatic heterocycles. The topological polar surface area (TPSA) is 96.0 Å². The highest BCUT2D eigenvalue weighted by atomic mass is 19.1. The van der Waals surface area contributed by atoms with E-state index in [1.54, 1.807) is 25.3 Å². The van der Waals surface area contributed by atoms with Crippen molar-refractivity contribution in [2.24, 2.45) is 0 Å². The molecule has 0 fully saturated rings. The van der Waals surface area contributed by atoms with Gasteiger partial charge in [-0.05, 0) is 49.4 Å². The molecule has 0 saturated heterocycles. The van der Waals surface area contributed by atoms with Gasteiger partial charge in [0.1, 0.15) is 5.82 Å². The number of hydrogen-bond donors (Lipinski definition) is 3. The summed E-state index contributed by atoms with van der Waals surface area (Å²) in [6.45, 7) is 1.71. The molecule has 0 radical (unpaired) electrons. The van der Waals surface area contributed by atoms with Crippen LogP contribution in [0.3, 0.4) is 0 Å². The van der Waals surface area contributed by atoms with Gasteiger partial charge >= 0.3 is 6.03 Å². The van der Waals surface area contributed by atoms with E-state index in [9.17, 15) is 14.0 Å². The molecule has 7 nitrogen and oxygen atoms in total. The van der Waals surface area contributed by atoms with Crippen molar-refractivity contribution in [1.29, 1.82) is 0 Å². The molecule has 8 heteroatoms. The summed E-state index contributed by atoms with van der Waals surface area (Å²) in [6, 6.07) is 17.8. The number of amides is 3. The lowest BCUT2D eigenvalue weighted by Gasteiger charge is -2.11. The maximum atomic E-state index is 13.2. The van der Waals surface area contributed by atoms with Crippen LogP contribution in [-0.4, -0.2) is 21.9 Å². The summed E-state index contributed by atoms with van der Waals surface area (Å²) in [7, 11) is 0. The van der Waals surface area contributed by atoms with Crippen molar-refractivity contribution in [3.05, 3.63) is 90.0 Å². The largest absolute Gasteiger partial charge is 0.337 e. The van der Waals surface area contributed by atoms with E-state index in [-0.39, 0.29) is 5.69 Å². The van der Waals surface area contributed by atoms with Crippen LogP contribution in [0, 0.1) is 12.7 Å². The molecule has 0 aliphatic rings. The number of hydrogen-bond acceptors (Lipinski definition) is 4. The zero-order valence-electron chi connectivity index (χ0n) is 16.5. The van der Waals surface area contributed by atoms with Crippen LogP contribution in [0.1, 0.15) is 16.1 Å². The van der Waals surface area contributed by atoms with E-state index in [2.05, 4.69) is 26.1 Å². The van der Waals surface area contributed by atoms with Gasteiger partial charge in [0.05, 0.1) is 22.5 Å². The normalized spacial score (nSPS) is 10.5. The molecule has 0 atom stereocenters. The average Bonchev–Trinajstić information content (AvgIpc) is 2.77. The Hall–Kier alpha value is -4.33. The molecule has 3 amide bonds. The number of halogens is 1. The van der Waals surface area contributed by atoms with Crippen molar-refractivity contribution in [3.8, 4) is 11.3 Å². The predicted molar refractivity (Wildman–Crippen MR) is 116 cm³/mol. The van der Waals surface area contributed by atoms with Crippen LogP contribution in [-0.2, 0) is 0 Å². The molecule has 0 spiro atoms. The number of hydrazine groups is 1. The lowest BCUT2D eigenvalue weighted by Crippen LogP contribution is -2.44. The first kappa shape index (κ1) is 20.0. The van der Waals surface area contributed by atoms with Crippen molar-refractivity contribution in [2.75, 3.05) is 5.32 Å². The number of carbonyl (C=O) groups is 2. The molecule has 4 rings (SSSR count). The molecular formula is C23H18FN5O2. The minimum Gasteiger partial charge on any atom is -0.306 e. The standard InChI is InChI=1S/C23H18FN5O2/c1-14-19(22(30)28-29-23(31)27-18-7-4-6-17(24)12-18)9-10-21(26-14)16-11-15-5-2-3-8-20(15)25-13-16/h2-13H,1H3,(H,28,30)(H2,27,29,31). The number of benzene rings is 2. The van der Waals surface area contributed by atoms with Gasteiger partial charge in [0, 0.05) is 22.8 Å². The molecule has 0 aliphatic carbocycles. The molecule has 154 valence electrons. The Labute approximate surface area is 177 Å². The molecular weight excluding hydrogens is 397 g/mol. The fourth-order valence-electron chi connectivity index (χ4n) is 3.08. The Kier molecular flexibility index (Phi) is 5.53. The van der Waals surface area contributed by atoms with Crippen molar-refractivity contribution < 1.29 is 14.0 Å². The first-order valence-corrected chi connectivity index (χ1v) is 9.45. The second kappa shape index (κ2) is 8.58. The van der Waals surface area contributed by atoms with Crippen molar-refractivity contribution in [2.45, 2.75) is 6.92 Å². The summed E-state index contributed by atoms with van der Waals surface area (Å²) in [5, 5.41) is 3.42. The van der Waals surface area contributed by atoms with Gasteiger partial charge in [-0.15, -0.1) is 0 Å². The lowest BCUT2D eigenvalue weighted by atomic mass is 10.1. The smallest absolute Gasteiger partial charge is 0.306 e. The van der Waals surface area contributed by atoms with E-state index in [1.165, 1.54) is 18.2 Å². The van der Waals surface area contributed by atoms with Gasteiger partial charge in [-0.3, -0.25) is 20.2 Å². The molecule has 4 aromatic rings. The number of urea groups is 1. The van der Waals surface area contributed by atoms with Crippen LogP contribution in [0.15, 0.2) is 72.9 Å². The zero-order chi connectivity index (χ0) is 21.8. The van der Waals surface area contributed by atoms with Gasteiger partial charge in [0.2, 0.25) is 0 Å². The van der Waals surface area contributed by atoms with Gasteiger partial charge < -0.3 is 5.32 Å². The Morgan fingerprint density at radius 2 is 1.77 bits per heavy atom. The number of aryl methyl sites for hydroxylation is 1. The first-order valence-electron chi connectivity index (χ1n) is 9.45. The first-order chi connectivity index (χ1) is 15.0. The average molecular weight is 415 g/mol. The minimum atomic E-state index is -0.705. The fourth-order valence-corrected chi connectivity index (χ4v) is 3.08. The Morgan fingerprint density at radius 1 is 0.935 bits per heavy atom. The van der Waals surface area contributed by atoms with E-state index in [1.807, 2.05) is 30.3 Å². The molecule has 3 N–H and O–H groups in total. The molecule has 2 aromatic carbocycles. The van der Waals surface area contributed by atoms with Crippen molar-refractivity contribution in [3.63, 3.8) is 0 Å². The van der Waals surface area contributed by atoms with Crippen LogP contribution in [0.5, 0.6) is 0 Å². The van der Waals surface area contributed by atoms with Crippen LogP contribution >= 0.6 is 0 Å². The second-order valence-corrected chi connectivity index (χ2v) is 6.79. The number of nitrogens with zero attached hydrogens (tertiary/aromatic N) is 2. The van der Waals surface area contributed by atoms with E-state index in [0.29, 0.717) is 17.0 Å². The monoisotopic (exact) mass is 415 g/mol. The van der Waals surface area contributed by atoms with E-state index >= 15 is 0 Å². The van der Waals surface area contributed by atoms with Crippen LogP contribution in [0.2, 0.25) is 0 Å². The molecule has 0 bridgehead atoms.